The zero-order valence-corrected chi connectivity index (χ0v) is 16.5. The Balaban J connectivity index is 1.55. The van der Waals surface area contributed by atoms with Crippen LogP contribution in [0.2, 0.25) is 0 Å². The zero-order valence-electron chi connectivity index (χ0n) is 16.5. The maximum atomic E-state index is 13.4. The standard InChI is InChI=1S/C21H18F3N5O2/c1-12-14(5-4-6-15(12)21(22,23)24)20(30)29-13-9-28-18(16-7-2-3-8-25-16)26-27-19(28)17(29)11-31-10-13/h2-8,13,17H,9-11H2,1H3/t13-,17-/m1/s1. The maximum absolute atomic E-state index is 13.4. The van der Waals surface area contributed by atoms with Crippen molar-refractivity contribution in [3.05, 3.63) is 65.1 Å². The highest BCUT2D eigenvalue weighted by Crippen LogP contribution is 2.38. The number of carbonyl (C=O) groups is 1. The predicted molar refractivity (Wildman–Crippen MR) is 103 cm³/mol. The molecule has 2 aliphatic heterocycles. The molecule has 5 rings (SSSR count). The van der Waals surface area contributed by atoms with Gasteiger partial charge in [0.25, 0.3) is 5.91 Å². The van der Waals surface area contributed by atoms with Crippen molar-refractivity contribution >= 4 is 5.91 Å². The second kappa shape index (κ2) is 7.16. The number of amides is 1. The molecule has 0 radical (unpaired) electrons. The van der Waals surface area contributed by atoms with Gasteiger partial charge in [-0.3, -0.25) is 9.78 Å². The molecule has 160 valence electrons. The molecule has 2 aromatic heterocycles. The van der Waals surface area contributed by atoms with Crippen LogP contribution in [0.25, 0.3) is 11.5 Å². The van der Waals surface area contributed by atoms with Crippen molar-refractivity contribution in [2.45, 2.75) is 31.7 Å². The van der Waals surface area contributed by atoms with Gasteiger partial charge in [0.15, 0.2) is 11.6 Å². The minimum atomic E-state index is -4.53. The molecule has 0 spiro atoms. The number of alkyl halides is 3. The number of carbonyl (C=O) groups excluding carboxylic acids is 1. The first kappa shape index (κ1) is 19.7. The van der Waals surface area contributed by atoms with Crippen LogP contribution in [0.4, 0.5) is 13.2 Å². The lowest BCUT2D eigenvalue weighted by Gasteiger charge is -2.45. The first-order chi connectivity index (χ1) is 14.9. The van der Waals surface area contributed by atoms with E-state index in [1.165, 1.54) is 19.1 Å². The molecule has 0 unspecified atom stereocenters. The Kier molecular flexibility index (Phi) is 4.54. The number of hydrogen-bond acceptors (Lipinski definition) is 5. The van der Waals surface area contributed by atoms with Gasteiger partial charge in [0, 0.05) is 18.3 Å². The lowest BCUT2D eigenvalue weighted by Crippen LogP contribution is -2.56. The molecule has 0 N–H and O–H groups in total. The molecule has 2 bridgehead atoms. The van der Waals surface area contributed by atoms with Crippen molar-refractivity contribution in [3.8, 4) is 11.5 Å². The monoisotopic (exact) mass is 429 g/mol. The van der Waals surface area contributed by atoms with E-state index in [1.807, 2.05) is 16.7 Å². The summed E-state index contributed by atoms with van der Waals surface area (Å²) in [6.07, 6.45) is -2.87. The van der Waals surface area contributed by atoms with Crippen molar-refractivity contribution in [2.75, 3.05) is 13.2 Å². The Morgan fingerprint density at radius 3 is 2.71 bits per heavy atom. The number of halogens is 3. The van der Waals surface area contributed by atoms with Crippen molar-refractivity contribution < 1.29 is 22.7 Å². The first-order valence-corrected chi connectivity index (χ1v) is 9.78. The Labute approximate surface area is 175 Å². The molecule has 0 saturated carbocycles. The highest BCUT2D eigenvalue weighted by atomic mass is 19.4. The second-order valence-corrected chi connectivity index (χ2v) is 7.60. The number of aromatic nitrogens is 4. The van der Waals surface area contributed by atoms with E-state index in [0.29, 0.717) is 23.9 Å². The number of rotatable bonds is 2. The number of hydrogen-bond donors (Lipinski definition) is 0. The van der Waals surface area contributed by atoms with E-state index in [0.717, 1.165) is 6.07 Å². The summed E-state index contributed by atoms with van der Waals surface area (Å²) in [4.78, 5) is 19.4. The second-order valence-electron chi connectivity index (χ2n) is 7.60. The number of benzene rings is 1. The van der Waals surface area contributed by atoms with Crippen LogP contribution in [0.3, 0.4) is 0 Å². The van der Waals surface area contributed by atoms with E-state index < -0.39 is 23.7 Å². The fourth-order valence-electron chi connectivity index (χ4n) is 4.33. The van der Waals surface area contributed by atoms with Gasteiger partial charge in [-0.05, 0) is 36.8 Å². The van der Waals surface area contributed by atoms with E-state index >= 15 is 0 Å². The van der Waals surface area contributed by atoms with Crippen LogP contribution in [0.5, 0.6) is 0 Å². The minimum Gasteiger partial charge on any atom is -0.377 e. The maximum Gasteiger partial charge on any atom is 0.416 e. The van der Waals surface area contributed by atoms with Crippen LogP contribution in [0.1, 0.15) is 33.4 Å². The molecule has 0 aliphatic carbocycles. The molecule has 7 nitrogen and oxygen atoms in total. The molecule has 10 heteroatoms. The summed E-state index contributed by atoms with van der Waals surface area (Å²) in [6.45, 7) is 2.17. The van der Waals surface area contributed by atoms with Crippen molar-refractivity contribution in [1.82, 2.24) is 24.6 Å². The number of fused-ring (bicyclic) bond motifs is 4. The van der Waals surface area contributed by atoms with Gasteiger partial charge in [-0.25, -0.2) is 0 Å². The molecule has 1 saturated heterocycles. The molecule has 31 heavy (non-hydrogen) atoms. The topological polar surface area (TPSA) is 73.1 Å². The summed E-state index contributed by atoms with van der Waals surface area (Å²) in [6, 6.07) is 8.27. The zero-order chi connectivity index (χ0) is 21.8. The Bertz CT molecular complexity index is 1150. The average molecular weight is 429 g/mol. The van der Waals surface area contributed by atoms with Crippen molar-refractivity contribution in [2.24, 2.45) is 0 Å². The quantitative estimate of drug-likeness (QED) is 0.625. The number of pyridine rings is 1. The van der Waals surface area contributed by atoms with Crippen LogP contribution >= 0.6 is 0 Å². The third kappa shape index (κ3) is 3.18. The van der Waals surface area contributed by atoms with Gasteiger partial charge in [0.05, 0.1) is 24.8 Å². The number of nitrogens with zero attached hydrogens (tertiary/aromatic N) is 5. The summed E-state index contributed by atoms with van der Waals surface area (Å²) < 4.78 is 47.6. The lowest BCUT2D eigenvalue weighted by molar-refractivity contribution is -0.138. The third-order valence-electron chi connectivity index (χ3n) is 5.78. The fourth-order valence-corrected chi connectivity index (χ4v) is 4.33. The largest absolute Gasteiger partial charge is 0.416 e. The smallest absolute Gasteiger partial charge is 0.377 e. The predicted octanol–water partition coefficient (Wildman–Crippen LogP) is 3.26. The molecule has 1 amide bonds. The van der Waals surface area contributed by atoms with E-state index in [4.69, 9.17) is 4.74 Å². The van der Waals surface area contributed by atoms with Crippen LogP contribution in [-0.4, -0.2) is 49.8 Å². The summed E-state index contributed by atoms with van der Waals surface area (Å²) in [5.74, 6) is 0.667. The SMILES string of the molecule is Cc1c(C(=O)N2[C@H]3COC[C@@H]2c2nnc(-c4ccccn4)n2C3)cccc1C(F)(F)F. The van der Waals surface area contributed by atoms with Crippen LogP contribution in [-0.2, 0) is 17.5 Å². The molecule has 1 aromatic carbocycles. The van der Waals surface area contributed by atoms with E-state index in [9.17, 15) is 18.0 Å². The van der Waals surface area contributed by atoms with E-state index in [-0.39, 0.29) is 30.4 Å². The molecule has 2 aliphatic rings. The molecular formula is C21H18F3N5O2. The third-order valence-corrected chi connectivity index (χ3v) is 5.78. The highest BCUT2D eigenvalue weighted by Gasteiger charge is 2.44. The molecule has 3 aromatic rings. The Morgan fingerprint density at radius 1 is 1.13 bits per heavy atom. The lowest BCUT2D eigenvalue weighted by atomic mass is 9.97. The number of ether oxygens (including phenoxy) is 1. The van der Waals surface area contributed by atoms with Gasteiger partial charge < -0.3 is 14.2 Å². The summed E-state index contributed by atoms with van der Waals surface area (Å²) in [5, 5.41) is 8.55. The van der Waals surface area contributed by atoms with Gasteiger partial charge in [0.1, 0.15) is 11.7 Å². The molecule has 2 atom stereocenters. The van der Waals surface area contributed by atoms with Crippen LogP contribution in [0.15, 0.2) is 42.6 Å². The molecule has 4 heterocycles. The minimum absolute atomic E-state index is 0.0321. The summed E-state index contributed by atoms with van der Waals surface area (Å²) >= 11 is 0. The van der Waals surface area contributed by atoms with E-state index in [1.54, 1.807) is 17.2 Å². The fraction of sp³-hybridized carbons (Fsp3) is 0.333. The molecular weight excluding hydrogens is 411 g/mol. The first-order valence-electron chi connectivity index (χ1n) is 9.78. The van der Waals surface area contributed by atoms with Gasteiger partial charge in [-0.2, -0.15) is 13.2 Å². The Hall–Kier alpha value is -3.27. The molecule has 1 fully saturated rings. The van der Waals surface area contributed by atoms with Crippen LogP contribution in [0, 0.1) is 6.92 Å². The van der Waals surface area contributed by atoms with Gasteiger partial charge in [0.2, 0.25) is 0 Å². The van der Waals surface area contributed by atoms with Crippen LogP contribution < -0.4 is 0 Å². The van der Waals surface area contributed by atoms with Gasteiger partial charge in [-0.15, -0.1) is 10.2 Å². The summed E-state index contributed by atoms with van der Waals surface area (Å²) in [7, 11) is 0. The summed E-state index contributed by atoms with van der Waals surface area (Å²) in [5.41, 5.74) is -0.198. The Morgan fingerprint density at radius 2 is 1.97 bits per heavy atom. The number of morpholine rings is 1. The average Bonchev–Trinajstić information content (AvgIpc) is 3.16. The van der Waals surface area contributed by atoms with Crippen molar-refractivity contribution in [3.63, 3.8) is 0 Å². The highest BCUT2D eigenvalue weighted by molar-refractivity contribution is 5.96. The normalized spacial score (nSPS) is 20.5. The van der Waals surface area contributed by atoms with E-state index in [2.05, 4.69) is 15.2 Å². The van der Waals surface area contributed by atoms with Crippen molar-refractivity contribution in [1.29, 1.82) is 0 Å². The van der Waals surface area contributed by atoms with Gasteiger partial charge >= 0.3 is 6.18 Å². The van der Waals surface area contributed by atoms with Gasteiger partial charge in [-0.1, -0.05) is 12.1 Å².